The zero-order chi connectivity index (χ0) is 14.9. The van der Waals surface area contributed by atoms with Gasteiger partial charge in [0.2, 0.25) is 5.91 Å². The third kappa shape index (κ3) is 3.58. The molecule has 0 spiro atoms. The summed E-state index contributed by atoms with van der Waals surface area (Å²) >= 11 is 1.04. The number of rotatable bonds is 3. The number of ether oxygens (including phenoxy) is 1. The first-order chi connectivity index (χ1) is 9.24. The van der Waals surface area contributed by atoms with Gasteiger partial charge >= 0.3 is 6.36 Å². The number of benzene rings is 1. The van der Waals surface area contributed by atoms with E-state index in [9.17, 15) is 18.0 Å². The molecule has 9 heteroatoms. The fraction of sp³-hybridized carbons (Fsp3) is 0.273. The highest BCUT2D eigenvalue weighted by Crippen LogP contribution is 2.31. The second-order valence-electron chi connectivity index (χ2n) is 3.97. The lowest BCUT2D eigenvalue weighted by atomic mass is 10.3. The Bertz CT molecular complexity index is 639. The average molecular weight is 305 g/mol. The fourth-order valence-corrected chi connectivity index (χ4v) is 2.27. The minimum Gasteiger partial charge on any atom is -0.406 e. The van der Waals surface area contributed by atoms with Gasteiger partial charge in [-0.05, 0) is 19.1 Å². The van der Waals surface area contributed by atoms with Gasteiger partial charge < -0.3 is 15.8 Å². The summed E-state index contributed by atoms with van der Waals surface area (Å²) in [5.74, 6) is -0.755. The maximum absolute atomic E-state index is 12.1. The van der Waals surface area contributed by atoms with Crippen LogP contribution in [0.15, 0.2) is 18.2 Å². The Morgan fingerprint density at radius 2 is 2.20 bits per heavy atom. The maximum atomic E-state index is 12.1. The van der Waals surface area contributed by atoms with Crippen LogP contribution in [0, 0.1) is 0 Å². The molecule has 1 atom stereocenters. The van der Waals surface area contributed by atoms with Gasteiger partial charge in [0.15, 0.2) is 5.13 Å². The van der Waals surface area contributed by atoms with Crippen molar-refractivity contribution >= 4 is 32.6 Å². The molecule has 2 rings (SSSR count). The Labute approximate surface area is 115 Å². The number of hydrogen-bond acceptors (Lipinski definition) is 5. The van der Waals surface area contributed by atoms with Crippen LogP contribution < -0.4 is 15.8 Å². The van der Waals surface area contributed by atoms with Crippen molar-refractivity contribution in [3.63, 3.8) is 0 Å². The molecule has 1 aromatic heterocycles. The Morgan fingerprint density at radius 3 is 2.80 bits per heavy atom. The first-order valence-corrected chi connectivity index (χ1v) is 6.29. The number of hydrogen-bond donors (Lipinski definition) is 2. The Morgan fingerprint density at radius 1 is 1.50 bits per heavy atom. The van der Waals surface area contributed by atoms with E-state index in [4.69, 9.17) is 5.73 Å². The summed E-state index contributed by atoms with van der Waals surface area (Å²) in [7, 11) is 0. The molecule has 0 fully saturated rings. The zero-order valence-corrected chi connectivity index (χ0v) is 11.0. The maximum Gasteiger partial charge on any atom is 0.573 e. The van der Waals surface area contributed by atoms with Gasteiger partial charge in [0.05, 0.1) is 16.3 Å². The highest BCUT2D eigenvalue weighted by Gasteiger charge is 2.31. The summed E-state index contributed by atoms with van der Waals surface area (Å²) in [6.45, 7) is 1.51. The Balaban J connectivity index is 2.24. The number of nitrogens with one attached hydrogen (secondary N) is 1. The first kappa shape index (κ1) is 14.5. The van der Waals surface area contributed by atoms with Gasteiger partial charge in [-0.15, -0.1) is 13.2 Å². The highest BCUT2D eigenvalue weighted by atomic mass is 32.1. The highest BCUT2D eigenvalue weighted by molar-refractivity contribution is 7.22. The third-order valence-corrected chi connectivity index (χ3v) is 3.17. The number of anilines is 1. The summed E-state index contributed by atoms with van der Waals surface area (Å²) in [5, 5.41) is 2.75. The molecule has 0 radical (unpaired) electrons. The number of fused-ring (bicyclic) bond motifs is 1. The van der Waals surface area contributed by atoms with Gasteiger partial charge in [-0.1, -0.05) is 11.3 Å². The lowest BCUT2D eigenvalue weighted by Gasteiger charge is -2.07. The standard InChI is InChI=1S/C11H10F3N3O2S/c1-5(15)9(18)17-10-16-7-3-2-6(4-8(7)20-10)19-11(12,13)14/h2-5H,15H2,1H3,(H,16,17,18)/t5-/m1/s1. The number of carbonyl (C=O) groups excluding carboxylic acids is 1. The van der Waals surface area contributed by atoms with Crippen LogP contribution in [0.3, 0.4) is 0 Å². The van der Waals surface area contributed by atoms with Crippen LogP contribution in [0.5, 0.6) is 5.75 Å². The van der Waals surface area contributed by atoms with Crippen molar-refractivity contribution in [3.05, 3.63) is 18.2 Å². The quantitative estimate of drug-likeness (QED) is 0.913. The third-order valence-electron chi connectivity index (χ3n) is 2.24. The Kier molecular flexibility index (Phi) is 3.82. The summed E-state index contributed by atoms with van der Waals surface area (Å²) in [5.41, 5.74) is 5.85. The lowest BCUT2D eigenvalue weighted by molar-refractivity contribution is -0.274. The molecular weight excluding hydrogens is 295 g/mol. The molecule has 0 aliphatic heterocycles. The number of nitrogens with zero attached hydrogens (tertiary/aromatic N) is 1. The van der Waals surface area contributed by atoms with E-state index in [-0.39, 0.29) is 10.9 Å². The summed E-state index contributed by atoms with van der Waals surface area (Å²) < 4.78 is 40.6. The summed E-state index contributed by atoms with van der Waals surface area (Å²) in [6.07, 6.45) is -4.75. The topological polar surface area (TPSA) is 77.2 Å². The van der Waals surface area contributed by atoms with Crippen molar-refractivity contribution in [2.45, 2.75) is 19.3 Å². The Hall–Kier alpha value is -1.87. The summed E-state index contributed by atoms with van der Waals surface area (Å²) in [4.78, 5) is 15.5. The SMILES string of the molecule is C[C@@H](N)C(=O)Nc1nc2ccc(OC(F)(F)F)cc2s1. The van der Waals surface area contributed by atoms with E-state index < -0.39 is 18.3 Å². The van der Waals surface area contributed by atoms with Crippen LogP contribution in [0.4, 0.5) is 18.3 Å². The van der Waals surface area contributed by atoms with Crippen molar-refractivity contribution in [1.29, 1.82) is 0 Å². The van der Waals surface area contributed by atoms with Gasteiger partial charge in [-0.25, -0.2) is 4.98 Å². The second kappa shape index (κ2) is 5.25. The molecule has 2 aromatic rings. The molecule has 0 unspecified atom stereocenters. The summed E-state index contributed by atoms with van der Waals surface area (Å²) in [6, 6.07) is 3.05. The van der Waals surface area contributed by atoms with E-state index in [0.29, 0.717) is 10.2 Å². The molecule has 0 aliphatic carbocycles. The van der Waals surface area contributed by atoms with Crippen molar-refractivity contribution in [2.75, 3.05) is 5.32 Å². The number of nitrogens with two attached hydrogens (primary N) is 1. The van der Waals surface area contributed by atoms with Crippen molar-refractivity contribution in [2.24, 2.45) is 5.73 Å². The number of amides is 1. The monoisotopic (exact) mass is 305 g/mol. The first-order valence-electron chi connectivity index (χ1n) is 5.47. The normalized spacial score (nSPS) is 13.2. The van der Waals surface area contributed by atoms with Gasteiger partial charge in [0.25, 0.3) is 0 Å². The fourth-order valence-electron chi connectivity index (χ4n) is 1.37. The molecule has 1 aromatic carbocycles. The number of alkyl halides is 3. The van der Waals surface area contributed by atoms with E-state index in [1.54, 1.807) is 0 Å². The number of carbonyl (C=O) groups is 1. The van der Waals surface area contributed by atoms with Crippen LogP contribution in [0.1, 0.15) is 6.92 Å². The lowest BCUT2D eigenvalue weighted by Crippen LogP contribution is -2.32. The number of thiazole rings is 1. The number of aromatic nitrogens is 1. The predicted octanol–water partition coefficient (Wildman–Crippen LogP) is 2.48. The van der Waals surface area contributed by atoms with Crippen LogP contribution in [0.25, 0.3) is 10.2 Å². The predicted molar refractivity (Wildman–Crippen MR) is 68.6 cm³/mol. The molecule has 0 aliphatic rings. The van der Waals surface area contributed by atoms with Crippen LogP contribution in [0.2, 0.25) is 0 Å². The van der Waals surface area contributed by atoms with Gasteiger partial charge in [-0.2, -0.15) is 0 Å². The van der Waals surface area contributed by atoms with Gasteiger partial charge in [0.1, 0.15) is 5.75 Å². The zero-order valence-electron chi connectivity index (χ0n) is 10.2. The van der Waals surface area contributed by atoms with Crippen LogP contribution in [-0.2, 0) is 4.79 Å². The largest absolute Gasteiger partial charge is 0.573 e. The van der Waals surface area contributed by atoms with Crippen molar-refractivity contribution < 1.29 is 22.7 Å². The van der Waals surface area contributed by atoms with E-state index in [1.165, 1.54) is 19.1 Å². The van der Waals surface area contributed by atoms with Crippen LogP contribution >= 0.6 is 11.3 Å². The van der Waals surface area contributed by atoms with Gasteiger partial charge in [-0.3, -0.25) is 4.79 Å². The second-order valence-corrected chi connectivity index (χ2v) is 5.00. The molecule has 5 nitrogen and oxygen atoms in total. The van der Waals surface area contributed by atoms with Crippen LogP contribution in [-0.4, -0.2) is 23.3 Å². The molecule has 0 saturated carbocycles. The minimum atomic E-state index is -4.75. The molecule has 20 heavy (non-hydrogen) atoms. The number of halogens is 3. The smallest absolute Gasteiger partial charge is 0.406 e. The molecule has 1 heterocycles. The molecule has 1 amide bonds. The average Bonchev–Trinajstić information content (AvgIpc) is 2.68. The van der Waals surface area contributed by atoms with Crippen molar-refractivity contribution in [1.82, 2.24) is 4.98 Å². The van der Waals surface area contributed by atoms with Crippen molar-refractivity contribution in [3.8, 4) is 5.75 Å². The van der Waals surface area contributed by atoms with Gasteiger partial charge in [0, 0.05) is 6.07 Å². The molecule has 3 N–H and O–H groups in total. The van der Waals surface area contributed by atoms with E-state index in [1.807, 2.05) is 0 Å². The molecule has 0 bridgehead atoms. The van der Waals surface area contributed by atoms with E-state index in [2.05, 4.69) is 15.0 Å². The van der Waals surface area contributed by atoms with E-state index >= 15 is 0 Å². The minimum absolute atomic E-state index is 0.270. The molecule has 0 saturated heterocycles. The molecular formula is C11H10F3N3O2S. The molecule has 108 valence electrons. The van der Waals surface area contributed by atoms with E-state index in [0.717, 1.165) is 17.4 Å².